The molecule has 0 saturated carbocycles. The minimum absolute atomic E-state index is 0. The van der Waals surface area contributed by atoms with Gasteiger partial charge in [0.2, 0.25) is 0 Å². The Balaban J connectivity index is -0.000000158. The molecule has 0 unspecified atom stereocenters. The predicted octanol–water partition coefficient (Wildman–Crippen LogP) is 44.5. The number of hydrogen-bond donors (Lipinski definition) is 0. The average Bonchev–Trinajstić information content (AvgIpc) is 0.774. The SMILES string of the molecule is C=C.CC.CC.CC.CC.CC.CC.CC.CC.CC.CC.CC.CC.CC.CC.[CH-]=Cc1[c-]c2cc3ccccc3cc2cc1.[CH-]=Cc1[c-]c2ccccc2cc1.[CH-]=Cc1[c-]cc2cc3cc4ccccc4cc3cc2c1.[CH-]=Cc1[c-]cc2cc3ccccc3cc2c1.[CH-]=Cc1[c-]cc2ccccc2c1.[CH-]=Cc1[c-]ccc2cc3ccccc3cc12.[CH-]=Cc1[c-]ccc2ccccc12.[CH-]=Cc1[c-]cccc1.[Y].[Y].[Y].[Y].[Y].[Y].[Y].[Y]. The standard InChI is InChI=1S/C20H12.3C16H10.3C12H8.C8H6.14C2H6.C2H4.8Y/c1-2-14-7-8-17-12-19-10-15-5-3-4-6-16(15)11-20(19)13-18(17)9-14;1-2-12-8-5-9-15-10-13-6-3-4-7-14(13)11-16(12)15;2*1-2-12-7-8-15-10-13-5-3-4-6-14(13)11-16(15)9-12;1-2-10-7-5-8-11-6-3-4-9-12(10)11;2*1-2-10-7-8-11-5-3-4-6-12(11)9-10;1-2-8-6-4-3-5-7-8;15*1-2;;;;;;;;/h1-6,8-13H;1-7,9-11H;1-6,8-11H;1-8,10-11H;2*1-6,8-9H;1-8H;1-6H;14*1-2H3;1-2H2;;;;;;;;/q8*-2;;;;;;;;;;;;;;;;;;;;;;;. The van der Waals surface area contributed by atoms with Crippen LogP contribution in [-0.4, -0.2) is 0 Å². The zero-order valence-electron chi connectivity index (χ0n) is 95.6. The van der Waals surface area contributed by atoms with Crippen LogP contribution >= 0.6 is 0 Å². The summed E-state index contributed by atoms with van der Waals surface area (Å²) in [5, 5.41) is 29.1. The van der Waals surface area contributed by atoms with Crippen molar-refractivity contribution in [2.24, 2.45) is 0 Å². The van der Waals surface area contributed by atoms with Crippen LogP contribution in [0.5, 0.6) is 0 Å². The van der Waals surface area contributed by atoms with E-state index < -0.39 is 0 Å². The summed E-state index contributed by atoms with van der Waals surface area (Å²) in [5.41, 5.74) is 7.54. The molecule has 768 valence electrons. The Bertz CT molecular complexity index is 6620. The summed E-state index contributed by atoms with van der Waals surface area (Å²) in [6, 6.07) is 141. The maximum Gasteiger partial charge on any atom is 0 e. The van der Waals surface area contributed by atoms with E-state index in [1.54, 1.807) is 42.5 Å². The molecule has 150 heavy (non-hydrogen) atoms. The van der Waals surface area contributed by atoms with Crippen LogP contribution in [0.2, 0.25) is 0 Å². The molecule has 20 aromatic carbocycles. The van der Waals surface area contributed by atoms with Gasteiger partial charge in [-0.3, -0.25) is 34.4 Å². The molecule has 0 fully saturated rings. The minimum atomic E-state index is 0. The van der Waals surface area contributed by atoms with E-state index in [-0.39, 0.29) is 262 Å². The van der Waals surface area contributed by atoms with Crippen LogP contribution in [-0.2, 0) is 262 Å². The smallest absolute Gasteiger partial charge is 0 e. The molecule has 0 nitrogen and oxygen atoms in total. The van der Waals surface area contributed by atoms with Crippen LogP contribution in [0.3, 0.4) is 0 Å². The van der Waals surface area contributed by atoms with E-state index in [9.17, 15) is 0 Å². The molecule has 8 heteroatoms. The van der Waals surface area contributed by atoms with E-state index >= 15 is 0 Å². The van der Waals surface area contributed by atoms with E-state index in [4.69, 9.17) is 52.6 Å². The Morgan fingerprint density at radius 1 is 0.160 bits per heavy atom. The summed E-state index contributed by atoms with van der Waals surface area (Å²) < 4.78 is 0. The predicted molar refractivity (Wildman–Crippen MR) is 653 cm³/mol. The Labute approximate surface area is 1110 Å². The van der Waals surface area contributed by atoms with Gasteiger partial charge in [-0.1, -0.05) is 404 Å². The Kier molecular flexibility index (Phi) is 122. The molecule has 0 aliphatic rings. The molecule has 20 rings (SSSR count). The number of benzene rings is 20. The molecule has 8 radical (unpaired) electrons. The van der Waals surface area contributed by atoms with Crippen LogP contribution < -0.4 is 0 Å². The first-order valence-corrected chi connectivity index (χ1v) is 51.0. The van der Waals surface area contributed by atoms with Crippen LogP contribution in [0.25, 0.3) is 178 Å². The first-order valence-electron chi connectivity index (χ1n) is 51.0. The van der Waals surface area contributed by atoms with Crippen molar-refractivity contribution in [1.82, 2.24) is 0 Å². The molecule has 20 aromatic rings. The van der Waals surface area contributed by atoms with Crippen molar-refractivity contribution < 1.29 is 262 Å². The summed E-state index contributed by atoms with van der Waals surface area (Å²) in [4.78, 5) is 0. The van der Waals surface area contributed by atoms with Gasteiger partial charge in [-0.2, -0.15) is 53.2 Å². The quantitative estimate of drug-likeness (QED) is 0.0808. The molecule has 0 aliphatic carbocycles. The first kappa shape index (κ1) is 166. The number of rotatable bonds is 8. The van der Waals surface area contributed by atoms with Gasteiger partial charge in [-0.25, -0.2) is 84.9 Å². The molecular formula is C142H160Y8-16. The van der Waals surface area contributed by atoms with E-state index in [1.807, 2.05) is 339 Å². The number of hydrogen-bond acceptors (Lipinski definition) is 0. The number of fused-ring (bicyclic) bond motifs is 12. The van der Waals surface area contributed by atoms with E-state index in [2.05, 4.69) is 256 Å². The molecular weight excluding hydrogens is 2420 g/mol. The van der Waals surface area contributed by atoms with Gasteiger partial charge in [0.05, 0.1) is 0 Å². The monoisotopic (exact) mass is 2580 g/mol. The van der Waals surface area contributed by atoms with Crippen molar-refractivity contribution in [3.05, 3.63) is 499 Å². The normalized spacial score (nSPS) is 8.37. The van der Waals surface area contributed by atoms with Gasteiger partial charge < -0.3 is 111 Å². The third kappa shape index (κ3) is 58.3. The molecule has 0 saturated heterocycles. The fourth-order valence-electron chi connectivity index (χ4n) is 13.1. The molecule has 0 amide bonds. The van der Waals surface area contributed by atoms with Gasteiger partial charge >= 0.3 is 0 Å². The van der Waals surface area contributed by atoms with Gasteiger partial charge in [0.1, 0.15) is 0 Å². The Hall–Kier alpha value is -5.99. The van der Waals surface area contributed by atoms with Crippen molar-refractivity contribution in [2.75, 3.05) is 0 Å². The van der Waals surface area contributed by atoms with Crippen molar-refractivity contribution >= 4 is 178 Å². The second-order valence-corrected chi connectivity index (χ2v) is 26.2. The molecule has 0 N–H and O–H groups in total. The van der Waals surface area contributed by atoms with Crippen LogP contribution in [0.1, 0.15) is 238 Å². The van der Waals surface area contributed by atoms with Crippen molar-refractivity contribution in [3.63, 3.8) is 0 Å². The zero-order chi connectivity index (χ0) is 107. The Morgan fingerprint density at radius 2 is 0.413 bits per heavy atom. The third-order valence-corrected chi connectivity index (χ3v) is 18.9. The topological polar surface area (TPSA) is 0 Å². The van der Waals surface area contributed by atoms with Gasteiger partial charge in [0.15, 0.2) is 0 Å². The summed E-state index contributed by atoms with van der Waals surface area (Å²) in [7, 11) is 0. The zero-order valence-corrected chi connectivity index (χ0v) is 118. The van der Waals surface area contributed by atoms with Gasteiger partial charge in [-0.15, -0.1) is 122 Å². The molecule has 0 aliphatic heterocycles. The van der Waals surface area contributed by atoms with Crippen molar-refractivity contribution in [1.29, 1.82) is 0 Å². The maximum atomic E-state index is 5.60. The van der Waals surface area contributed by atoms with Gasteiger partial charge in [0.25, 0.3) is 0 Å². The van der Waals surface area contributed by atoms with Crippen LogP contribution in [0, 0.1) is 101 Å². The fourth-order valence-corrected chi connectivity index (χ4v) is 13.1. The van der Waals surface area contributed by atoms with E-state index in [0.29, 0.717) is 0 Å². The van der Waals surface area contributed by atoms with E-state index in [1.165, 1.54) is 114 Å². The largest absolute Gasteiger partial charge is 0.344 e. The summed E-state index contributed by atoms with van der Waals surface area (Å²) in [6.45, 7) is 106. The molecule has 0 heterocycles. The van der Waals surface area contributed by atoms with Crippen molar-refractivity contribution in [2.45, 2.75) is 194 Å². The van der Waals surface area contributed by atoms with Crippen LogP contribution in [0.4, 0.5) is 0 Å². The van der Waals surface area contributed by atoms with Gasteiger partial charge in [0, 0.05) is 262 Å². The van der Waals surface area contributed by atoms with Crippen LogP contribution in [0.15, 0.2) is 353 Å². The summed E-state index contributed by atoms with van der Waals surface area (Å²) >= 11 is 0. The third-order valence-electron chi connectivity index (χ3n) is 18.9. The van der Waals surface area contributed by atoms with Gasteiger partial charge in [-0.05, 0) is 60.6 Å². The molecule has 0 aromatic heterocycles. The average molecular weight is 2580 g/mol. The minimum Gasteiger partial charge on any atom is -0.344 e. The van der Waals surface area contributed by atoms with Crippen molar-refractivity contribution in [3.8, 4) is 0 Å². The second-order valence-electron chi connectivity index (χ2n) is 26.2. The van der Waals surface area contributed by atoms with E-state index in [0.717, 1.165) is 66.1 Å². The summed E-state index contributed by atoms with van der Waals surface area (Å²) in [6.07, 6.45) is 12.6. The first-order chi connectivity index (χ1) is 70.1. The fraction of sp³-hybridized carbons (Fsp3) is 0.197. The second kappa shape index (κ2) is 110. The molecule has 0 atom stereocenters. The molecule has 0 bridgehead atoms. The Morgan fingerprint density at radius 3 is 0.773 bits per heavy atom. The molecule has 0 spiro atoms. The maximum absolute atomic E-state index is 5.60. The summed E-state index contributed by atoms with van der Waals surface area (Å²) in [5.74, 6) is 0.